The number of nitrogens with one attached hydrogen (secondary N) is 2. The zero-order chi connectivity index (χ0) is 15.1. The van der Waals surface area contributed by atoms with Gasteiger partial charge in [-0.15, -0.1) is 0 Å². The molecule has 0 aliphatic rings. The molecule has 1 unspecified atom stereocenters. The SMILES string of the molecule is C=C(C)CNC(=O)NC(Cc1ccc(O)cc1)C(=O)O. The monoisotopic (exact) mass is 278 g/mol. The molecule has 0 fully saturated rings. The van der Waals surface area contributed by atoms with Gasteiger partial charge >= 0.3 is 12.0 Å². The molecule has 1 aromatic carbocycles. The van der Waals surface area contributed by atoms with E-state index in [2.05, 4.69) is 17.2 Å². The van der Waals surface area contributed by atoms with Gasteiger partial charge in [-0.1, -0.05) is 24.3 Å². The fourth-order valence-corrected chi connectivity index (χ4v) is 1.51. The highest BCUT2D eigenvalue weighted by molar-refractivity contribution is 5.82. The van der Waals surface area contributed by atoms with Gasteiger partial charge in [-0.05, 0) is 24.6 Å². The molecular weight excluding hydrogens is 260 g/mol. The van der Waals surface area contributed by atoms with Crippen molar-refractivity contribution in [2.45, 2.75) is 19.4 Å². The Bertz CT molecular complexity index is 496. The molecule has 0 radical (unpaired) electrons. The fourth-order valence-electron chi connectivity index (χ4n) is 1.51. The van der Waals surface area contributed by atoms with Crippen LogP contribution in [0.1, 0.15) is 12.5 Å². The lowest BCUT2D eigenvalue weighted by Crippen LogP contribution is -2.47. The molecule has 4 N–H and O–H groups in total. The number of urea groups is 1. The minimum absolute atomic E-state index is 0.104. The first kappa shape index (κ1) is 15.6. The lowest BCUT2D eigenvalue weighted by Gasteiger charge is -2.15. The first-order valence-corrected chi connectivity index (χ1v) is 6.08. The van der Waals surface area contributed by atoms with Crippen LogP contribution in [-0.4, -0.2) is 34.8 Å². The largest absolute Gasteiger partial charge is 0.508 e. The van der Waals surface area contributed by atoms with Crippen LogP contribution in [0.5, 0.6) is 5.75 Å². The number of aromatic hydroxyl groups is 1. The second-order valence-electron chi connectivity index (χ2n) is 4.55. The van der Waals surface area contributed by atoms with Gasteiger partial charge in [-0.3, -0.25) is 0 Å². The highest BCUT2D eigenvalue weighted by Gasteiger charge is 2.20. The highest BCUT2D eigenvalue weighted by Crippen LogP contribution is 2.11. The molecule has 1 rings (SSSR count). The molecule has 0 aliphatic heterocycles. The average molecular weight is 278 g/mol. The maximum absolute atomic E-state index is 11.5. The molecule has 0 bridgehead atoms. The topological polar surface area (TPSA) is 98.7 Å². The number of carbonyl (C=O) groups excluding carboxylic acids is 1. The maximum Gasteiger partial charge on any atom is 0.326 e. The first-order chi connectivity index (χ1) is 9.38. The molecule has 0 saturated heterocycles. The molecule has 1 aromatic rings. The standard InChI is InChI=1S/C14H18N2O4/c1-9(2)8-15-14(20)16-12(13(18)19)7-10-3-5-11(17)6-4-10/h3-6,12,17H,1,7-8H2,2H3,(H,18,19)(H2,15,16,20). The Morgan fingerprint density at radius 1 is 1.30 bits per heavy atom. The van der Waals surface area contributed by atoms with Crippen molar-refractivity contribution in [3.8, 4) is 5.75 Å². The van der Waals surface area contributed by atoms with E-state index in [4.69, 9.17) is 10.2 Å². The van der Waals surface area contributed by atoms with E-state index >= 15 is 0 Å². The first-order valence-electron chi connectivity index (χ1n) is 6.08. The Hall–Kier alpha value is -2.50. The van der Waals surface area contributed by atoms with Crippen LogP contribution < -0.4 is 10.6 Å². The molecule has 0 aromatic heterocycles. The molecule has 0 heterocycles. The van der Waals surface area contributed by atoms with Crippen LogP contribution in [0.15, 0.2) is 36.4 Å². The van der Waals surface area contributed by atoms with E-state index in [0.29, 0.717) is 5.56 Å². The molecule has 0 aliphatic carbocycles. The molecule has 0 saturated carbocycles. The van der Waals surface area contributed by atoms with Crippen LogP contribution in [0.2, 0.25) is 0 Å². The third-order valence-corrected chi connectivity index (χ3v) is 2.53. The van der Waals surface area contributed by atoms with Gasteiger partial charge in [0.25, 0.3) is 0 Å². The van der Waals surface area contributed by atoms with Gasteiger partial charge < -0.3 is 20.8 Å². The number of carboxylic acids is 1. The van der Waals surface area contributed by atoms with Gasteiger partial charge in [0.2, 0.25) is 0 Å². The summed E-state index contributed by atoms with van der Waals surface area (Å²) in [7, 11) is 0. The number of amides is 2. The predicted molar refractivity (Wildman–Crippen MR) is 74.6 cm³/mol. The zero-order valence-corrected chi connectivity index (χ0v) is 11.2. The minimum Gasteiger partial charge on any atom is -0.508 e. The third kappa shape index (κ3) is 5.43. The van der Waals surface area contributed by atoms with Gasteiger partial charge in [-0.2, -0.15) is 0 Å². The summed E-state index contributed by atoms with van der Waals surface area (Å²) >= 11 is 0. The maximum atomic E-state index is 11.5. The van der Waals surface area contributed by atoms with E-state index in [1.54, 1.807) is 19.1 Å². The van der Waals surface area contributed by atoms with Crippen LogP contribution in [0.4, 0.5) is 4.79 Å². The second-order valence-corrected chi connectivity index (χ2v) is 4.55. The van der Waals surface area contributed by atoms with Crippen molar-refractivity contribution < 1.29 is 19.8 Å². The molecule has 108 valence electrons. The van der Waals surface area contributed by atoms with E-state index in [1.807, 2.05) is 0 Å². The third-order valence-electron chi connectivity index (χ3n) is 2.53. The lowest BCUT2D eigenvalue weighted by atomic mass is 10.1. The summed E-state index contributed by atoms with van der Waals surface area (Å²) in [5.41, 5.74) is 1.47. The Morgan fingerprint density at radius 3 is 2.40 bits per heavy atom. The van der Waals surface area contributed by atoms with E-state index in [1.165, 1.54) is 12.1 Å². The molecule has 2 amide bonds. The van der Waals surface area contributed by atoms with Crippen molar-refractivity contribution >= 4 is 12.0 Å². The average Bonchev–Trinajstić information content (AvgIpc) is 2.38. The van der Waals surface area contributed by atoms with E-state index in [0.717, 1.165) is 5.57 Å². The molecule has 20 heavy (non-hydrogen) atoms. The van der Waals surface area contributed by atoms with Gasteiger partial charge in [0.15, 0.2) is 0 Å². The summed E-state index contributed by atoms with van der Waals surface area (Å²) in [5.74, 6) is -1.02. The Balaban J connectivity index is 2.60. The minimum atomic E-state index is -1.12. The predicted octanol–water partition coefficient (Wildman–Crippen LogP) is 1.26. The summed E-state index contributed by atoms with van der Waals surface area (Å²) in [6, 6.07) is 4.56. The smallest absolute Gasteiger partial charge is 0.326 e. The van der Waals surface area contributed by atoms with Crippen molar-refractivity contribution in [1.82, 2.24) is 10.6 Å². The van der Waals surface area contributed by atoms with Gasteiger partial charge in [-0.25, -0.2) is 9.59 Å². The second kappa shape index (κ2) is 7.18. The zero-order valence-electron chi connectivity index (χ0n) is 11.2. The van der Waals surface area contributed by atoms with Gasteiger partial charge in [0.05, 0.1) is 0 Å². The van der Waals surface area contributed by atoms with Crippen molar-refractivity contribution in [2.75, 3.05) is 6.54 Å². The number of aliphatic carboxylic acids is 1. The molecule has 6 heteroatoms. The van der Waals surface area contributed by atoms with Crippen LogP contribution in [0.3, 0.4) is 0 Å². The molecular formula is C14H18N2O4. The van der Waals surface area contributed by atoms with Crippen molar-refractivity contribution in [3.63, 3.8) is 0 Å². The normalized spacial score (nSPS) is 11.4. The van der Waals surface area contributed by atoms with Crippen molar-refractivity contribution in [3.05, 3.63) is 42.0 Å². The van der Waals surface area contributed by atoms with Crippen molar-refractivity contribution in [1.29, 1.82) is 0 Å². The van der Waals surface area contributed by atoms with Crippen LogP contribution in [0, 0.1) is 0 Å². The van der Waals surface area contributed by atoms with E-state index in [9.17, 15) is 9.59 Å². The summed E-state index contributed by atoms with van der Waals surface area (Å²) in [6.07, 6.45) is 0.135. The Labute approximate surface area is 117 Å². The fraction of sp³-hybridized carbons (Fsp3) is 0.286. The summed E-state index contributed by atoms with van der Waals surface area (Å²) < 4.78 is 0. The Kier molecular flexibility index (Phi) is 5.58. The number of phenols is 1. The summed E-state index contributed by atoms with van der Waals surface area (Å²) in [5, 5.41) is 23.2. The number of hydrogen-bond donors (Lipinski definition) is 4. The summed E-state index contributed by atoms with van der Waals surface area (Å²) in [4.78, 5) is 22.7. The summed E-state index contributed by atoms with van der Waals surface area (Å²) in [6.45, 7) is 5.68. The van der Waals surface area contributed by atoms with E-state index in [-0.39, 0.29) is 18.7 Å². The van der Waals surface area contributed by atoms with Crippen LogP contribution in [0.25, 0.3) is 0 Å². The molecule has 0 spiro atoms. The number of carbonyl (C=O) groups is 2. The number of phenolic OH excluding ortho intramolecular Hbond substituents is 1. The number of carboxylic acid groups (broad SMARTS) is 1. The number of benzene rings is 1. The molecule has 1 atom stereocenters. The quantitative estimate of drug-likeness (QED) is 0.589. The number of rotatable bonds is 6. The lowest BCUT2D eigenvalue weighted by molar-refractivity contribution is -0.139. The van der Waals surface area contributed by atoms with Crippen LogP contribution >= 0.6 is 0 Å². The highest BCUT2D eigenvalue weighted by atomic mass is 16.4. The van der Waals surface area contributed by atoms with Crippen molar-refractivity contribution in [2.24, 2.45) is 0 Å². The van der Waals surface area contributed by atoms with Crippen LogP contribution in [-0.2, 0) is 11.2 Å². The molecule has 6 nitrogen and oxygen atoms in total. The van der Waals surface area contributed by atoms with E-state index < -0.39 is 18.0 Å². The Morgan fingerprint density at radius 2 is 1.90 bits per heavy atom. The number of hydrogen-bond acceptors (Lipinski definition) is 3. The van der Waals surface area contributed by atoms with Gasteiger partial charge in [0, 0.05) is 13.0 Å². The van der Waals surface area contributed by atoms with Gasteiger partial charge in [0.1, 0.15) is 11.8 Å².